The number of anilines is 1. The van der Waals surface area contributed by atoms with Crippen LogP contribution >= 0.6 is 0 Å². The molecule has 7 heteroatoms. The number of benzene rings is 3. The number of nitrogens with zero attached hydrogens (tertiary/aromatic N) is 2. The number of hydrogen-bond donors (Lipinski definition) is 4. The van der Waals surface area contributed by atoms with Gasteiger partial charge in [-0.05, 0) is 47.0 Å². The fourth-order valence-corrected chi connectivity index (χ4v) is 4.05. The summed E-state index contributed by atoms with van der Waals surface area (Å²) in [5.74, 6) is -0.493. The lowest BCUT2D eigenvalue weighted by Crippen LogP contribution is -2.28. The Bertz CT molecular complexity index is 1440. The molecule has 0 aliphatic rings. The largest absolute Gasteiger partial charge is 0.370 e. The van der Waals surface area contributed by atoms with Gasteiger partial charge >= 0.3 is 0 Å². The van der Waals surface area contributed by atoms with Crippen LogP contribution in [0.1, 0.15) is 16.8 Å². The fourth-order valence-electron chi connectivity index (χ4n) is 4.05. The van der Waals surface area contributed by atoms with Gasteiger partial charge in [-0.2, -0.15) is 0 Å². The minimum atomic E-state index is -0.354. The molecule has 6 N–H and O–H groups in total. The van der Waals surface area contributed by atoms with Gasteiger partial charge in [0, 0.05) is 41.1 Å². The number of rotatable bonds is 11. The second kappa shape index (κ2) is 12.3. The summed E-state index contributed by atoms with van der Waals surface area (Å²) in [6.07, 6.45) is 3.49. The minimum absolute atomic E-state index is 0.139. The van der Waals surface area contributed by atoms with E-state index in [1.165, 1.54) is 11.1 Å². The predicted molar refractivity (Wildman–Crippen MR) is 157 cm³/mol. The van der Waals surface area contributed by atoms with Crippen molar-refractivity contribution in [1.29, 1.82) is 0 Å². The third-order valence-corrected chi connectivity index (χ3v) is 5.94. The van der Waals surface area contributed by atoms with Gasteiger partial charge in [0.1, 0.15) is 6.54 Å². The Labute approximate surface area is 222 Å². The number of aromatic nitrogens is 1. The lowest BCUT2D eigenvalue weighted by molar-refractivity contribution is -0.118. The molecule has 0 aliphatic carbocycles. The molecule has 1 aromatic heterocycles. The maximum Gasteiger partial charge on any atom is 0.246 e. The molecule has 3 aromatic carbocycles. The summed E-state index contributed by atoms with van der Waals surface area (Å²) < 4.78 is 0. The molecular formula is C31H32N6O. The Kier molecular flexibility index (Phi) is 8.41. The number of amides is 1. The number of H-pyrrole nitrogens is 1. The molecule has 0 saturated heterocycles. The van der Waals surface area contributed by atoms with E-state index in [4.69, 9.17) is 11.5 Å². The van der Waals surface area contributed by atoms with E-state index in [9.17, 15) is 4.79 Å². The van der Waals surface area contributed by atoms with E-state index in [0.717, 1.165) is 40.9 Å². The SMILES string of the molecule is C=C(/C=C\C(=C)c1cc2cc(N(Cc3ccccc3)Cc3ccccc3)ccc2[nH]1)NC(=O)CN=C(N)N. The first kappa shape index (κ1) is 26.0. The highest BCUT2D eigenvalue weighted by atomic mass is 16.1. The van der Waals surface area contributed by atoms with Crippen LogP contribution in [0.5, 0.6) is 0 Å². The average molecular weight is 505 g/mol. The van der Waals surface area contributed by atoms with Crippen molar-refractivity contribution >= 4 is 34.0 Å². The van der Waals surface area contributed by atoms with Gasteiger partial charge in [0.2, 0.25) is 5.91 Å². The summed E-state index contributed by atoms with van der Waals surface area (Å²) in [5.41, 5.74) is 17.2. The van der Waals surface area contributed by atoms with E-state index in [1.54, 1.807) is 12.2 Å². The Morgan fingerprint density at radius 3 is 2.13 bits per heavy atom. The Morgan fingerprint density at radius 2 is 1.53 bits per heavy atom. The molecule has 1 heterocycles. The highest BCUT2D eigenvalue weighted by molar-refractivity contribution is 5.89. The molecule has 192 valence electrons. The van der Waals surface area contributed by atoms with Gasteiger partial charge in [0.15, 0.2) is 5.96 Å². The molecule has 0 radical (unpaired) electrons. The molecular weight excluding hydrogens is 472 g/mol. The number of aromatic amines is 1. The molecule has 0 aliphatic heterocycles. The van der Waals surface area contributed by atoms with Crippen LogP contribution in [-0.4, -0.2) is 23.4 Å². The number of carbonyl (C=O) groups is 1. The van der Waals surface area contributed by atoms with Crippen molar-refractivity contribution < 1.29 is 4.79 Å². The maximum atomic E-state index is 11.9. The van der Waals surface area contributed by atoms with Crippen LogP contribution in [0.4, 0.5) is 5.69 Å². The second-order valence-corrected chi connectivity index (χ2v) is 8.95. The number of carbonyl (C=O) groups excluding carboxylic acids is 1. The number of guanidine groups is 1. The zero-order valence-electron chi connectivity index (χ0n) is 21.2. The molecule has 7 nitrogen and oxygen atoms in total. The van der Waals surface area contributed by atoms with E-state index >= 15 is 0 Å². The van der Waals surface area contributed by atoms with E-state index in [1.807, 2.05) is 12.1 Å². The second-order valence-electron chi connectivity index (χ2n) is 8.95. The molecule has 0 bridgehead atoms. The van der Waals surface area contributed by atoms with Crippen LogP contribution in [-0.2, 0) is 17.9 Å². The van der Waals surface area contributed by atoms with Crippen molar-refractivity contribution in [3.63, 3.8) is 0 Å². The number of nitrogens with one attached hydrogen (secondary N) is 2. The van der Waals surface area contributed by atoms with Crippen LogP contribution < -0.4 is 21.7 Å². The first-order valence-corrected chi connectivity index (χ1v) is 12.2. The molecule has 0 fully saturated rings. The highest BCUT2D eigenvalue weighted by Crippen LogP contribution is 2.28. The predicted octanol–water partition coefficient (Wildman–Crippen LogP) is 4.85. The smallest absolute Gasteiger partial charge is 0.246 e. The van der Waals surface area contributed by atoms with E-state index in [-0.39, 0.29) is 18.4 Å². The molecule has 0 spiro atoms. The Balaban J connectivity index is 1.50. The number of nitrogens with two attached hydrogens (primary N) is 2. The first-order valence-electron chi connectivity index (χ1n) is 12.2. The summed E-state index contributed by atoms with van der Waals surface area (Å²) in [6.45, 7) is 9.44. The average Bonchev–Trinajstić information content (AvgIpc) is 3.35. The van der Waals surface area contributed by atoms with Crippen LogP contribution in [0.3, 0.4) is 0 Å². The van der Waals surface area contributed by atoms with Crippen molar-refractivity contribution in [3.05, 3.63) is 133 Å². The van der Waals surface area contributed by atoms with Gasteiger partial charge in [-0.1, -0.05) is 79.9 Å². The van der Waals surface area contributed by atoms with Gasteiger partial charge in [0.05, 0.1) is 0 Å². The van der Waals surface area contributed by atoms with Gasteiger partial charge in [0.25, 0.3) is 0 Å². The van der Waals surface area contributed by atoms with Gasteiger partial charge in [-0.25, -0.2) is 4.99 Å². The normalized spacial score (nSPS) is 10.8. The topological polar surface area (TPSA) is 113 Å². The van der Waals surface area contributed by atoms with Crippen LogP contribution in [0.2, 0.25) is 0 Å². The van der Waals surface area contributed by atoms with Crippen molar-refractivity contribution in [2.45, 2.75) is 13.1 Å². The number of fused-ring (bicyclic) bond motifs is 1. The Hall–Kier alpha value is -5.04. The fraction of sp³-hybridized carbons (Fsp3) is 0.0968. The minimum Gasteiger partial charge on any atom is -0.370 e. The van der Waals surface area contributed by atoms with Crippen molar-refractivity contribution in [2.24, 2.45) is 16.5 Å². The zero-order chi connectivity index (χ0) is 26.9. The summed E-state index contributed by atoms with van der Waals surface area (Å²) in [5, 5.41) is 3.72. The number of aliphatic imine (C=N–C) groups is 1. The highest BCUT2D eigenvalue weighted by Gasteiger charge is 2.11. The summed E-state index contributed by atoms with van der Waals surface area (Å²) in [4.78, 5) is 21.3. The van der Waals surface area contributed by atoms with Gasteiger partial charge in [-0.3, -0.25) is 4.79 Å². The number of allylic oxidation sites excluding steroid dienone is 3. The quantitative estimate of drug-likeness (QED) is 0.133. The molecule has 0 saturated carbocycles. The van der Waals surface area contributed by atoms with E-state index in [2.05, 4.69) is 106 Å². The monoisotopic (exact) mass is 504 g/mol. The Morgan fingerprint density at radius 1 is 0.895 bits per heavy atom. The van der Waals surface area contributed by atoms with Crippen molar-refractivity contribution in [2.75, 3.05) is 11.4 Å². The van der Waals surface area contributed by atoms with E-state index < -0.39 is 0 Å². The third kappa shape index (κ3) is 7.24. The maximum absolute atomic E-state index is 11.9. The summed E-state index contributed by atoms with van der Waals surface area (Å²) in [7, 11) is 0. The number of hydrogen-bond acceptors (Lipinski definition) is 3. The molecule has 38 heavy (non-hydrogen) atoms. The van der Waals surface area contributed by atoms with Crippen LogP contribution in [0, 0.1) is 0 Å². The summed E-state index contributed by atoms with van der Waals surface area (Å²) in [6, 6.07) is 29.5. The molecule has 4 rings (SSSR count). The third-order valence-electron chi connectivity index (χ3n) is 5.94. The lowest BCUT2D eigenvalue weighted by atomic mass is 10.1. The standard InChI is InChI=1S/C31H32N6O/c1-22(13-14-23(2)35-30(38)19-34-31(32)33)29-18-26-17-27(15-16-28(26)36-29)37(20-24-9-5-3-6-10-24)21-25-11-7-4-8-12-25/h3-18,36H,1-2,19-21H2,(H,35,38)(H4,32,33,34)/b14-13-. The van der Waals surface area contributed by atoms with Crippen molar-refractivity contribution in [1.82, 2.24) is 10.3 Å². The zero-order valence-corrected chi connectivity index (χ0v) is 21.2. The van der Waals surface area contributed by atoms with Crippen molar-refractivity contribution in [3.8, 4) is 0 Å². The molecule has 0 unspecified atom stereocenters. The molecule has 4 aromatic rings. The van der Waals surface area contributed by atoms with E-state index in [0.29, 0.717) is 5.70 Å². The first-order chi connectivity index (χ1) is 18.4. The van der Waals surface area contributed by atoms with Crippen LogP contribution in [0.25, 0.3) is 16.5 Å². The molecule has 1 amide bonds. The summed E-state index contributed by atoms with van der Waals surface area (Å²) >= 11 is 0. The van der Waals surface area contributed by atoms with Gasteiger partial charge in [-0.15, -0.1) is 0 Å². The molecule has 0 atom stereocenters. The van der Waals surface area contributed by atoms with Crippen LogP contribution in [0.15, 0.2) is 121 Å². The lowest BCUT2D eigenvalue weighted by Gasteiger charge is -2.25. The van der Waals surface area contributed by atoms with Gasteiger partial charge < -0.3 is 26.7 Å².